The molecule has 0 radical (unpaired) electrons. The molecule has 4 heterocycles. The van der Waals surface area contributed by atoms with Crippen molar-refractivity contribution in [2.75, 3.05) is 25.2 Å². The van der Waals surface area contributed by atoms with Crippen LogP contribution in [0.25, 0.3) is 32.9 Å². The Bertz CT molecular complexity index is 2430. The Balaban J connectivity index is 1.39. The number of hydrogen-bond donors (Lipinski definition) is 1. The first-order valence-electron chi connectivity index (χ1n) is 17.2. The second-order valence-electron chi connectivity index (χ2n) is 13.7. The standard InChI is InChI=1S/C40H41Cl2N5O5/c1-20-16-25(17-21(2)35(20)42)52-15-9-10-26-27-11-12-29(41)34(33-23(4)43-45(7)24(33)5)37(27)47-22(3)19-46(39(48)38(26)47)30-13-14-32(51-8)36-28(30)18-31(40(49)50)44(36)6/h11-14,16-18,22H,9-10,15,19H2,1-8H3,(H,49,50). The van der Waals surface area contributed by atoms with E-state index in [1.165, 1.54) is 0 Å². The molecule has 1 amide bonds. The van der Waals surface area contributed by atoms with Crippen LogP contribution >= 0.6 is 23.2 Å². The van der Waals surface area contributed by atoms with Crippen molar-refractivity contribution >= 4 is 62.6 Å². The summed E-state index contributed by atoms with van der Waals surface area (Å²) in [6, 6.07) is 12.9. The molecule has 10 nitrogen and oxygen atoms in total. The fraction of sp³-hybridized carbons (Fsp3) is 0.325. The molecule has 1 N–H and O–H groups in total. The Hall–Kier alpha value is -4.93. The van der Waals surface area contributed by atoms with E-state index in [1.54, 1.807) is 35.8 Å². The highest BCUT2D eigenvalue weighted by Crippen LogP contribution is 2.46. The molecule has 1 unspecified atom stereocenters. The molecule has 6 aromatic rings. The predicted octanol–water partition coefficient (Wildman–Crippen LogP) is 9.01. The number of amides is 1. The molecule has 0 spiro atoms. The monoisotopic (exact) mass is 741 g/mol. The van der Waals surface area contributed by atoms with Gasteiger partial charge in [0.2, 0.25) is 0 Å². The molecule has 1 atom stereocenters. The van der Waals surface area contributed by atoms with Crippen molar-refractivity contribution in [1.29, 1.82) is 0 Å². The Kier molecular flexibility index (Phi) is 9.03. The van der Waals surface area contributed by atoms with Gasteiger partial charge in [0.1, 0.15) is 22.9 Å². The van der Waals surface area contributed by atoms with Crippen LogP contribution in [0.5, 0.6) is 11.5 Å². The zero-order chi connectivity index (χ0) is 37.3. The van der Waals surface area contributed by atoms with Gasteiger partial charge in [0, 0.05) is 59.3 Å². The second-order valence-corrected chi connectivity index (χ2v) is 14.5. The van der Waals surface area contributed by atoms with Crippen molar-refractivity contribution in [2.45, 2.75) is 53.5 Å². The molecule has 3 aromatic carbocycles. The quantitative estimate of drug-likeness (QED) is 0.148. The molecule has 270 valence electrons. The van der Waals surface area contributed by atoms with E-state index in [1.807, 2.05) is 69.8 Å². The highest BCUT2D eigenvalue weighted by molar-refractivity contribution is 6.35. The zero-order valence-electron chi connectivity index (χ0n) is 30.5. The molecule has 3 aromatic heterocycles. The number of aromatic carboxylic acids is 1. The molecule has 0 aliphatic carbocycles. The summed E-state index contributed by atoms with van der Waals surface area (Å²) in [4.78, 5) is 29.1. The van der Waals surface area contributed by atoms with Crippen molar-refractivity contribution in [3.8, 4) is 22.6 Å². The number of carboxylic acid groups (broad SMARTS) is 1. The van der Waals surface area contributed by atoms with Gasteiger partial charge in [-0.3, -0.25) is 9.48 Å². The van der Waals surface area contributed by atoms with Gasteiger partial charge in [0.05, 0.1) is 41.2 Å². The second kappa shape index (κ2) is 13.2. The number of hydrogen-bond acceptors (Lipinski definition) is 5. The normalized spacial score (nSPS) is 14.5. The number of ether oxygens (including phenoxy) is 2. The van der Waals surface area contributed by atoms with E-state index < -0.39 is 5.97 Å². The van der Waals surface area contributed by atoms with Crippen LogP contribution in [0.2, 0.25) is 10.0 Å². The van der Waals surface area contributed by atoms with E-state index in [9.17, 15) is 9.90 Å². The highest BCUT2D eigenvalue weighted by atomic mass is 35.5. The lowest BCUT2D eigenvalue weighted by Gasteiger charge is -2.35. The fourth-order valence-corrected chi connectivity index (χ4v) is 8.32. The van der Waals surface area contributed by atoms with Gasteiger partial charge in [-0.15, -0.1) is 0 Å². The van der Waals surface area contributed by atoms with E-state index in [-0.39, 0.29) is 17.6 Å². The fourth-order valence-electron chi connectivity index (χ4n) is 7.96. The van der Waals surface area contributed by atoms with E-state index in [0.717, 1.165) is 60.9 Å². The van der Waals surface area contributed by atoms with Crippen molar-refractivity contribution in [2.24, 2.45) is 14.1 Å². The summed E-state index contributed by atoms with van der Waals surface area (Å²) in [5.41, 5.74) is 9.24. The van der Waals surface area contributed by atoms with Crippen molar-refractivity contribution in [3.63, 3.8) is 0 Å². The number of halogens is 2. The summed E-state index contributed by atoms with van der Waals surface area (Å²) in [5.74, 6) is 0.0310. The number of nitrogens with zero attached hydrogens (tertiary/aromatic N) is 5. The van der Waals surface area contributed by atoms with E-state index in [2.05, 4.69) is 11.5 Å². The molecule has 0 saturated carbocycles. The number of carbonyl (C=O) groups is 2. The molecular formula is C40H41Cl2N5O5. The third-order valence-electron chi connectivity index (χ3n) is 10.4. The third kappa shape index (κ3) is 5.51. The van der Waals surface area contributed by atoms with Gasteiger partial charge in [-0.2, -0.15) is 5.10 Å². The van der Waals surface area contributed by atoms with Crippen LogP contribution in [-0.4, -0.2) is 56.2 Å². The number of anilines is 1. The highest BCUT2D eigenvalue weighted by Gasteiger charge is 2.38. The Morgan fingerprint density at radius 3 is 2.33 bits per heavy atom. The van der Waals surface area contributed by atoms with Crippen molar-refractivity contribution in [1.82, 2.24) is 18.9 Å². The lowest BCUT2D eigenvalue weighted by atomic mass is 9.98. The van der Waals surface area contributed by atoms with Gasteiger partial charge in [0.25, 0.3) is 5.91 Å². The van der Waals surface area contributed by atoms with Crippen LogP contribution in [-0.2, 0) is 20.5 Å². The predicted molar refractivity (Wildman–Crippen MR) is 206 cm³/mol. The molecule has 1 aliphatic heterocycles. The number of aromatic nitrogens is 4. The first-order chi connectivity index (χ1) is 24.7. The average Bonchev–Trinajstić information content (AvgIpc) is 3.72. The van der Waals surface area contributed by atoms with Gasteiger partial charge in [0.15, 0.2) is 0 Å². The van der Waals surface area contributed by atoms with Gasteiger partial charge in [-0.1, -0.05) is 29.3 Å². The van der Waals surface area contributed by atoms with E-state index in [4.69, 9.17) is 37.8 Å². The maximum absolute atomic E-state index is 15.1. The number of rotatable bonds is 9. The molecule has 7 rings (SSSR count). The van der Waals surface area contributed by atoms with Gasteiger partial charge < -0.3 is 28.6 Å². The topological polar surface area (TPSA) is 104 Å². The smallest absolute Gasteiger partial charge is 0.352 e. The number of aryl methyl sites for hydroxylation is 6. The van der Waals surface area contributed by atoms with Crippen LogP contribution in [0.4, 0.5) is 5.69 Å². The maximum atomic E-state index is 15.1. The minimum Gasteiger partial charge on any atom is -0.495 e. The molecule has 0 bridgehead atoms. The lowest BCUT2D eigenvalue weighted by Crippen LogP contribution is -2.42. The summed E-state index contributed by atoms with van der Waals surface area (Å²) in [5, 5.41) is 17.6. The Morgan fingerprint density at radius 2 is 1.69 bits per heavy atom. The number of carbonyl (C=O) groups excluding carboxylic acids is 1. The van der Waals surface area contributed by atoms with Crippen molar-refractivity contribution in [3.05, 3.63) is 92.0 Å². The van der Waals surface area contributed by atoms with E-state index in [0.29, 0.717) is 59.0 Å². The molecule has 1 aliphatic rings. The minimum atomic E-state index is -1.07. The SMILES string of the molecule is COc1ccc(N2CC(C)n3c(c(CCCOc4cc(C)c(Cl)c(C)c4)c4ccc(Cl)c(-c5c(C)nn(C)c5C)c43)C2=O)c2cc(C(=O)O)n(C)c12. The van der Waals surface area contributed by atoms with Crippen molar-refractivity contribution < 1.29 is 24.2 Å². The largest absolute Gasteiger partial charge is 0.495 e. The zero-order valence-corrected chi connectivity index (χ0v) is 32.0. The average molecular weight is 743 g/mol. The van der Waals surface area contributed by atoms with Crippen LogP contribution in [0.15, 0.2) is 42.5 Å². The summed E-state index contributed by atoms with van der Waals surface area (Å²) < 4.78 is 17.5. The lowest BCUT2D eigenvalue weighted by molar-refractivity contribution is 0.0686. The molecule has 0 fully saturated rings. The van der Waals surface area contributed by atoms with Gasteiger partial charge in [-0.05, 0) is 101 Å². The third-order valence-corrected chi connectivity index (χ3v) is 11.3. The number of methoxy groups -OCH3 is 1. The molecule has 12 heteroatoms. The summed E-state index contributed by atoms with van der Waals surface area (Å²) in [6.45, 7) is 10.8. The molecule has 52 heavy (non-hydrogen) atoms. The first-order valence-corrected chi connectivity index (χ1v) is 18.0. The maximum Gasteiger partial charge on any atom is 0.352 e. The molecule has 0 saturated heterocycles. The first kappa shape index (κ1) is 35.5. The minimum absolute atomic E-state index is 0.0978. The van der Waals surface area contributed by atoms with Crippen LogP contribution in [0.3, 0.4) is 0 Å². The Morgan fingerprint density at radius 1 is 0.981 bits per heavy atom. The number of fused-ring (bicyclic) bond motifs is 4. The molecular weight excluding hydrogens is 701 g/mol. The summed E-state index contributed by atoms with van der Waals surface area (Å²) in [7, 11) is 5.16. The number of benzene rings is 3. The Labute approximate surface area is 312 Å². The van der Waals surface area contributed by atoms with E-state index >= 15 is 4.79 Å². The van der Waals surface area contributed by atoms with Crippen LogP contribution in [0.1, 0.15) is 68.4 Å². The number of carboxylic acids is 1. The van der Waals surface area contributed by atoms with Crippen LogP contribution < -0.4 is 14.4 Å². The van der Waals surface area contributed by atoms with Crippen LogP contribution in [0, 0.1) is 27.7 Å². The van der Waals surface area contributed by atoms with Gasteiger partial charge in [-0.25, -0.2) is 4.79 Å². The summed E-state index contributed by atoms with van der Waals surface area (Å²) >= 11 is 13.5. The van der Waals surface area contributed by atoms with Gasteiger partial charge >= 0.3 is 5.97 Å². The summed E-state index contributed by atoms with van der Waals surface area (Å²) in [6.07, 6.45) is 1.21.